The van der Waals surface area contributed by atoms with E-state index in [0.29, 0.717) is 24.5 Å². The summed E-state index contributed by atoms with van der Waals surface area (Å²) in [6, 6.07) is 15.6. The van der Waals surface area contributed by atoms with Crippen molar-refractivity contribution in [3.63, 3.8) is 0 Å². The van der Waals surface area contributed by atoms with Crippen molar-refractivity contribution in [1.82, 2.24) is 15.1 Å². The fraction of sp³-hybridized carbons (Fsp3) is 0.273. The smallest absolute Gasteiger partial charge is 0.226 e. The zero-order valence-electron chi connectivity index (χ0n) is 16.3. The highest BCUT2D eigenvalue weighted by molar-refractivity contribution is 5.76. The summed E-state index contributed by atoms with van der Waals surface area (Å²) in [5.41, 5.74) is 2.49. The molecular formula is C22H24FN3O2. The van der Waals surface area contributed by atoms with Crippen LogP contribution in [-0.4, -0.2) is 21.7 Å². The van der Waals surface area contributed by atoms with Gasteiger partial charge in [0.25, 0.3) is 0 Å². The molecule has 0 unspecified atom stereocenters. The highest BCUT2D eigenvalue weighted by Crippen LogP contribution is 2.31. The molecule has 6 heteroatoms. The third kappa shape index (κ3) is 4.76. The number of hydrogen-bond donors (Lipinski definition) is 1. The number of benzene rings is 2. The van der Waals surface area contributed by atoms with Gasteiger partial charge in [-0.05, 0) is 63.6 Å². The predicted molar refractivity (Wildman–Crippen MR) is 106 cm³/mol. The van der Waals surface area contributed by atoms with Crippen LogP contribution < -0.4 is 10.1 Å². The molecular weight excluding hydrogens is 357 g/mol. The van der Waals surface area contributed by atoms with E-state index in [2.05, 4.69) is 10.4 Å². The van der Waals surface area contributed by atoms with Crippen molar-refractivity contribution in [2.75, 3.05) is 0 Å². The van der Waals surface area contributed by atoms with E-state index in [1.54, 1.807) is 16.8 Å². The van der Waals surface area contributed by atoms with Gasteiger partial charge >= 0.3 is 0 Å². The summed E-state index contributed by atoms with van der Waals surface area (Å²) >= 11 is 0. The van der Waals surface area contributed by atoms with E-state index in [9.17, 15) is 9.18 Å². The number of aryl methyl sites for hydroxylation is 1. The number of aromatic nitrogens is 2. The molecule has 3 aromatic rings. The topological polar surface area (TPSA) is 56.2 Å². The van der Waals surface area contributed by atoms with Crippen LogP contribution in [0.4, 0.5) is 4.39 Å². The summed E-state index contributed by atoms with van der Waals surface area (Å²) in [7, 11) is 0. The van der Waals surface area contributed by atoms with Crippen molar-refractivity contribution >= 4 is 5.91 Å². The van der Waals surface area contributed by atoms with Crippen LogP contribution in [0.25, 0.3) is 5.69 Å². The highest BCUT2D eigenvalue weighted by atomic mass is 19.1. The highest BCUT2D eigenvalue weighted by Gasteiger charge is 2.20. The molecule has 0 atom stereocenters. The standard InChI is InChI=1S/C22H24FN3O2/c1-15(2)24-21(27)14-13-20-16(3)25-26(18-7-5-4-6-8-18)22(20)28-19-11-9-17(23)10-12-19/h4-12,15H,13-14H2,1-3H3,(H,24,27). The molecule has 2 aromatic carbocycles. The SMILES string of the molecule is Cc1nn(-c2ccccc2)c(Oc2ccc(F)cc2)c1CCC(=O)NC(C)C. The summed E-state index contributed by atoms with van der Waals surface area (Å²) in [5, 5.41) is 7.52. The van der Waals surface area contributed by atoms with Gasteiger partial charge in [-0.2, -0.15) is 5.10 Å². The van der Waals surface area contributed by atoms with E-state index in [-0.39, 0.29) is 17.8 Å². The summed E-state index contributed by atoms with van der Waals surface area (Å²) in [6.07, 6.45) is 0.826. The lowest BCUT2D eigenvalue weighted by atomic mass is 10.1. The minimum atomic E-state index is -0.328. The van der Waals surface area contributed by atoms with Crippen LogP contribution in [0.15, 0.2) is 54.6 Å². The molecule has 0 aliphatic carbocycles. The Labute approximate surface area is 164 Å². The van der Waals surface area contributed by atoms with Gasteiger partial charge in [-0.3, -0.25) is 4.79 Å². The normalized spacial score (nSPS) is 10.9. The van der Waals surface area contributed by atoms with Crippen LogP contribution >= 0.6 is 0 Å². The van der Waals surface area contributed by atoms with Crippen molar-refractivity contribution in [3.05, 3.63) is 71.7 Å². The second kappa shape index (κ2) is 8.69. The Morgan fingerprint density at radius 3 is 2.46 bits per heavy atom. The van der Waals surface area contributed by atoms with Crippen molar-refractivity contribution in [1.29, 1.82) is 0 Å². The van der Waals surface area contributed by atoms with Crippen molar-refractivity contribution < 1.29 is 13.9 Å². The maximum atomic E-state index is 13.2. The molecule has 0 saturated carbocycles. The van der Waals surface area contributed by atoms with Gasteiger partial charge in [0.15, 0.2) is 0 Å². The lowest BCUT2D eigenvalue weighted by Gasteiger charge is -2.12. The van der Waals surface area contributed by atoms with Gasteiger partial charge in [0.05, 0.1) is 11.4 Å². The van der Waals surface area contributed by atoms with Gasteiger partial charge in [-0.25, -0.2) is 9.07 Å². The molecule has 3 rings (SSSR count). The number of nitrogens with zero attached hydrogens (tertiary/aromatic N) is 2. The maximum absolute atomic E-state index is 13.2. The van der Waals surface area contributed by atoms with Crippen molar-refractivity contribution in [3.8, 4) is 17.3 Å². The van der Waals surface area contributed by atoms with Gasteiger partial charge in [0, 0.05) is 18.0 Å². The number of para-hydroxylation sites is 1. The largest absolute Gasteiger partial charge is 0.439 e. The molecule has 0 radical (unpaired) electrons. The van der Waals surface area contributed by atoms with Crippen molar-refractivity contribution in [2.24, 2.45) is 0 Å². The van der Waals surface area contributed by atoms with E-state index < -0.39 is 0 Å². The third-order valence-electron chi connectivity index (χ3n) is 4.22. The Morgan fingerprint density at radius 1 is 1.14 bits per heavy atom. The van der Waals surface area contributed by atoms with E-state index >= 15 is 0 Å². The first-order valence-electron chi connectivity index (χ1n) is 9.30. The molecule has 0 fully saturated rings. The first-order valence-corrected chi connectivity index (χ1v) is 9.30. The number of halogens is 1. The minimum Gasteiger partial charge on any atom is -0.439 e. The fourth-order valence-corrected chi connectivity index (χ4v) is 2.92. The molecule has 146 valence electrons. The molecule has 1 N–H and O–H groups in total. The van der Waals surface area contributed by atoms with Gasteiger partial charge in [-0.15, -0.1) is 0 Å². The molecule has 0 spiro atoms. The van der Waals surface area contributed by atoms with Crippen molar-refractivity contribution in [2.45, 2.75) is 39.7 Å². The number of amides is 1. The van der Waals surface area contributed by atoms with Crippen LogP contribution in [0.2, 0.25) is 0 Å². The number of rotatable bonds is 7. The lowest BCUT2D eigenvalue weighted by Crippen LogP contribution is -2.30. The molecule has 0 aliphatic rings. The quantitative estimate of drug-likeness (QED) is 0.652. The zero-order chi connectivity index (χ0) is 20.1. The van der Waals surface area contributed by atoms with Crippen LogP contribution in [-0.2, 0) is 11.2 Å². The van der Waals surface area contributed by atoms with Crippen LogP contribution in [0, 0.1) is 12.7 Å². The molecule has 28 heavy (non-hydrogen) atoms. The van der Waals surface area contributed by atoms with Gasteiger partial charge in [-0.1, -0.05) is 18.2 Å². The van der Waals surface area contributed by atoms with Crippen LogP contribution in [0.3, 0.4) is 0 Å². The van der Waals surface area contributed by atoms with Crippen LogP contribution in [0.5, 0.6) is 11.6 Å². The predicted octanol–water partition coefficient (Wildman–Crippen LogP) is 4.57. The second-order valence-corrected chi connectivity index (χ2v) is 6.89. The van der Waals surface area contributed by atoms with Gasteiger partial charge in [0.2, 0.25) is 11.8 Å². The Morgan fingerprint density at radius 2 is 1.82 bits per heavy atom. The first kappa shape index (κ1) is 19.6. The number of hydrogen-bond acceptors (Lipinski definition) is 3. The molecule has 1 aromatic heterocycles. The van der Waals surface area contributed by atoms with E-state index in [1.165, 1.54) is 12.1 Å². The zero-order valence-corrected chi connectivity index (χ0v) is 16.3. The third-order valence-corrected chi connectivity index (χ3v) is 4.22. The van der Waals surface area contributed by atoms with E-state index in [4.69, 9.17) is 4.74 Å². The van der Waals surface area contributed by atoms with Gasteiger partial charge < -0.3 is 10.1 Å². The molecule has 0 aliphatic heterocycles. The molecule has 0 bridgehead atoms. The summed E-state index contributed by atoms with van der Waals surface area (Å²) in [4.78, 5) is 12.1. The molecule has 5 nitrogen and oxygen atoms in total. The van der Waals surface area contributed by atoms with E-state index in [1.807, 2.05) is 51.1 Å². The summed E-state index contributed by atoms with van der Waals surface area (Å²) in [5.74, 6) is 0.694. The molecule has 0 saturated heterocycles. The monoisotopic (exact) mass is 381 g/mol. The number of carbonyl (C=O) groups excluding carboxylic acids is 1. The Bertz CT molecular complexity index is 934. The van der Waals surface area contributed by atoms with E-state index in [0.717, 1.165) is 16.9 Å². The van der Waals surface area contributed by atoms with Gasteiger partial charge in [0.1, 0.15) is 11.6 Å². The Balaban J connectivity index is 1.94. The maximum Gasteiger partial charge on any atom is 0.226 e. The number of ether oxygens (including phenoxy) is 1. The minimum absolute atomic E-state index is 0.0189. The Hall–Kier alpha value is -3.15. The average Bonchev–Trinajstić information content (AvgIpc) is 2.97. The summed E-state index contributed by atoms with van der Waals surface area (Å²) < 4.78 is 21.1. The van der Waals surface area contributed by atoms with Crippen LogP contribution in [0.1, 0.15) is 31.5 Å². The lowest BCUT2D eigenvalue weighted by molar-refractivity contribution is -0.121. The Kier molecular flexibility index (Phi) is 6.09. The number of nitrogens with one attached hydrogen (secondary N) is 1. The number of carbonyl (C=O) groups is 1. The summed E-state index contributed by atoms with van der Waals surface area (Å²) in [6.45, 7) is 5.76. The second-order valence-electron chi connectivity index (χ2n) is 6.89. The first-order chi connectivity index (χ1) is 13.4. The molecule has 1 heterocycles. The average molecular weight is 381 g/mol. The molecule has 1 amide bonds. The fourth-order valence-electron chi connectivity index (χ4n) is 2.92.